The van der Waals surface area contributed by atoms with Gasteiger partial charge < -0.3 is 10.5 Å². The molecular formula is C12H28N2O. The number of rotatable bonds is 8. The zero-order valence-corrected chi connectivity index (χ0v) is 11.0. The first-order valence-electron chi connectivity index (χ1n) is 6.08. The molecule has 0 heterocycles. The molecule has 3 heteroatoms. The maximum Gasteiger partial charge on any atom is 0.0635 e. The van der Waals surface area contributed by atoms with Crippen LogP contribution >= 0.6 is 0 Å². The molecule has 0 aromatic carbocycles. The predicted octanol–water partition coefficient (Wildman–Crippen LogP) is 1.86. The van der Waals surface area contributed by atoms with Crippen molar-refractivity contribution in [1.29, 1.82) is 0 Å². The maximum atomic E-state index is 6.18. The van der Waals surface area contributed by atoms with Gasteiger partial charge in [-0.05, 0) is 33.4 Å². The second-order valence-electron chi connectivity index (χ2n) is 4.51. The maximum absolute atomic E-state index is 6.18. The molecule has 3 nitrogen and oxygen atoms in total. The molecule has 15 heavy (non-hydrogen) atoms. The highest BCUT2D eigenvalue weighted by Gasteiger charge is 2.31. The van der Waals surface area contributed by atoms with E-state index in [4.69, 9.17) is 10.5 Å². The molecule has 0 aliphatic rings. The largest absolute Gasteiger partial charge is 0.380 e. The van der Waals surface area contributed by atoms with Crippen LogP contribution < -0.4 is 5.73 Å². The molecule has 2 N–H and O–H groups in total. The van der Waals surface area contributed by atoms with Gasteiger partial charge in [-0.15, -0.1) is 0 Å². The molecule has 0 saturated heterocycles. The fourth-order valence-electron chi connectivity index (χ4n) is 1.83. The van der Waals surface area contributed by atoms with Gasteiger partial charge in [0.05, 0.1) is 6.61 Å². The first kappa shape index (κ1) is 14.9. The third-order valence-corrected chi connectivity index (χ3v) is 3.13. The Labute approximate surface area is 95.0 Å². The Hall–Kier alpha value is -0.120. The van der Waals surface area contributed by atoms with Gasteiger partial charge in [0.1, 0.15) is 0 Å². The molecule has 0 saturated carbocycles. The minimum absolute atomic E-state index is 0.0112. The topological polar surface area (TPSA) is 38.5 Å². The zero-order valence-electron chi connectivity index (χ0n) is 11.0. The van der Waals surface area contributed by atoms with Crippen molar-refractivity contribution < 1.29 is 4.74 Å². The van der Waals surface area contributed by atoms with Crippen LogP contribution in [0.2, 0.25) is 0 Å². The summed E-state index contributed by atoms with van der Waals surface area (Å²) in [6, 6.07) is 0.0731. The molecule has 1 unspecified atom stereocenters. The Balaban J connectivity index is 4.16. The van der Waals surface area contributed by atoms with Crippen LogP contribution in [-0.4, -0.2) is 42.8 Å². The molecule has 0 aliphatic carbocycles. The highest BCUT2D eigenvalue weighted by Crippen LogP contribution is 2.17. The van der Waals surface area contributed by atoms with Gasteiger partial charge in [-0.25, -0.2) is 0 Å². The van der Waals surface area contributed by atoms with Gasteiger partial charge in [-0.3, -0.25) is 4.90 Å². The molecule has 0 radical (unpaired) electrons. The van der Waals surface area contributed by atoms with E-state index in [1.165, 1.54) is 0 Å². The zero-order chi connectivity index (χ0) is 11.9. The molecule has 0 amide bonds. The second kappa shape index (κ2) is 7.20. The highest BCUT2D eigenvalue weighted by atomic mass is 16.5. The summed E-state index contributed by atoms with van der Waals surface area (Å²) in [7, 11) is 0. The monoisotopic (exact) mass is 216 g/mol. The lowest BCUT2D eigenvalue weighted by Crippen LogP contribution is -2.57. The van der Waals surface area contributed by atoms with Crippen LogP contribution in [0.25, 0.3) is 0 Å². The van der Waals surface area contributed by atoms with Gasteiger partial charge in [0.15, 0.2) is 0 Å². The minimum atomic E-state index is 0.0112. The van der Waals surface area contributed by atoms with Crippen LogP contribution in [-0.2, 0) is 4.74 Å². The first-order chi connectivity index (χ1) is 7.00. The summed E-state index contributed by atoms with van der Waals surface area (Å²) in [6.45, 7) is 14.4. The Kier molecular flexibility index (Phi) is 7.14. The molecule has 0 spiro atoms. The van der Waals surface area contributed by atoms with Crippen LogP contribution in [0.4, 0.5) is 0 Å². The molecule has 0 aliphatic heterocycles. The van der Waals surface area contributed by atoms with Crippen LogP contribution in [0.15, 0.2) is 0 Å². The minimum Gasteiger partial charge on any atom is -0.380 e. The molecule has 0 aromatic rings. The van der Waals surface area contributed by atoms with E-state index in [0.717, 1.165) is 26.1 Å². The standard InChI is InChI=1S/C12H28N2O/c1-6-9-15-10-11(13)12(4,5)14(7-2)8-3/h11H,6-10,13H2,1-5H3. The van der Waals surface area contributed by atoms with Crippen molar-refractivity contribution in [2.24, 2.45) is 5.73 Å². The summed E-state index contributed by atoms with van der Waals surface area (Å²) in [4.78, 5) is 2.38. The summed E-state index contributed by atoms with van der Waals surface area (Å²) in [5.41, 5.74) is 6.19. The van der Waals surface area contributed by atoms with E-state index in [2.05, 4.69) is 39.5 Å². The van der Waals surface area contributed by atoms with Crippen molar-refractivity contribution in [2.45, 2.75) is 52.6 Å². The Morgan fingerprint density at radius 1 is 1.20 bits per heavy atom. The molecule has 0 bridgehead atoms. The van der Waals surface area contributed by atoms with E-state index >= 15 is 0 Å². The summed E-state index contributed by atoms with van der Waals surface area (Å²) in [6.07, 6.45) is 1.05. The molecule has 0 fully saturated rings. The number of ether oxygens (including phenoxy) is 1. The third kappa shape index (κ3) is 4.49. The predicted molar refractivity (Wildman–Crippen MR) is 66.1 cm³/mol. The lowest BCUT2D eigenvalue weighted by Gasteiger charge is -2.41. The fourth-order valence-corrected chi connectivity index (χ4v) is 1.83. The van der Waals surface area contributed by atoms with E-state index in [1.54, 1.807) is 0 Å². The van der Waals surface area contributed by atoms with Crippen molar-refractivity contribution in [3.8, 4) is 0 Å². The Morgan fingerprint density at radius 2 is 1.73 bits per heavy atom. The first-order valence-corrected chi connectivity index (χ1v) is 6.08. The van der Waals surface area contributed by atoms with Crippen LogP contribution in [0, 0.1) is 0 Å². The lowest BCUT2D eigenvalue weighted by molar-refractivity contribution is 0.0445. The molecule has 92 valence electrons. The summed E-state index contributed by atoms with van der Waals surface area (Å²) < 4.78 is 5.52. The second-order valence-corrected chi connectivity index (χ2v) is 4.51. The summed E-state index contributed by atoms with van der Waals surface area (Å²) in [5.74, 6) is 0. The number of nitrogens with zero attached hydrogens (tertiary/aromatic N) is 1. The van der Waals surface area contributed by atoms with Crippen LogP contribution in [0.5, 0.6) is 0 Å². The number of nitrogens with two attached hydrogens (primary N) is 1. The third-order valence-electron chi connectivity index (χ3n) is 3.13. The smallest absolute Gasteiger partial charge is 0.0635 e. The van der Waals surface area contributed by atoms with E-state index < -0.39 is 0 Å². The van der Waals surface area contributed by atoms with E-state index in [9.17, 15) is 0 Å². The van der Waals surface area contributed by atoms with Crippen LogP contribution in [0.3, 0.4) is 0 Å². The van der Waals surface area contributed by atoms with E-state index in [1.807, 2.05) is 0 Å². The van der Waals surface area contributed by atoms with Gasteiger partial charge >= 0.3 is 0 Å². The number of likely N-dealkylation sites (N-methyl/N-ethyl adjacent to an activating group) is 1. The van der Waals surface area contributed by atoms with Gasteiger partial charge in [0, 0.05) is 18.2 Å². The molecular weight excluding hydrogens is 188 g/mol. The number of hydrogen-bond acceptors (Lipinski definition) is 3. The van der Waals surface area contributed by atoms with Crippen molar-refractivity contribution in [3.05, 3.63) is 0 Å². The molecule has 1 atom stereocenters. The number of hydrogen-bond donors (Lipinski definition) is 1. The van der Waals surface area contributed by atoms with Gasteiger partial charge in [0.2, 0.25) is 0 Å². The summed E-state index contributed by atoms with van der Waals surface area (Å²) >= 11 is 0. The SMILES string of the molecule is CCCOCC(N)C(C)(C)N(CC)CC. The summed E-state index contributed by atoms with van der Waals surface area (Å²) in [5, 5.41) is 0. The van der Waals surface area contributed by atoms with E-state index in [0.29, 0.717) is 6.61 Å². The van der Waals surface area contributed by atoms with Crippen molar-refractivity contribution in [3.63, 3.8) is 0 Å². The van der Waals surface area contributed by atoms with E-state index in [-0.39, 0.29) is 11.6 Å². The average molecular weight is 216 g/mol. The highest BCUT2D eigenvalue weighted by molar-refractivity contribution is 4.90. The average Bonchev–Trinajstić information content (AvgIpc) is 2.19. The lowest BCUT2D eigenvalue weighted by atomic mass is 9.93. The Bertz CT molecular complexity index is 156. The molecule has 0 aromatic heterocycles. The van der Waals surface area contributed by atoms with Crippen LogP contribution in [0.1, 0.15) is 41.0 Å². The van der Waals surface area contributed by atoms with Gasteiger partial charge in [-0.1, -0.05) is 20.8 Å². The van der Waals surface area contributed by atoms with Gasteiger partial charge in [-0.2, -0.15) is 0 Å². The normalized spacial score (nSPS) is 14.6. The van der Waals surface area contributed by atoms with Crippen molar-refractivity contribution in [2.75, 3.05) is 26.3 Å². The fraction of sp³-hybridized carbons (Fsp3) is 1.00. The molecule has 0 rings (SSSR count). The van der Waals surface area contributed by atoms with Crippen molar-refractivity contribution >= 4 is 0 Å². The van der Waals surface area contributed by atoms with Crippen molar-refractivity contribution in [1.82, 2.24) is 4.90 Å². The quantitative estimate of drug-likeness (QED) is 0.629. The Morgan fingerprint density at radius 3 is 2.13 bits per heavy atom. The van der Waals surface area contributed by atoms with Gasteiger partial charge in [0.25, 0.3) is 0 Å².